The summed E-state index contributed by atoms with van der Waals surface area (Å²) in [5.41, 5.74) is 0.916. The van der Waals surface area contributed by atoms with Gasteiger partial charge in [0.2, 0.25) is 10.0 Å². The van der Waals surface area contributed by atoms with Gasteiger partial charge in [0.15, 0.2) is 0 Å². The van der Waals surface area contributed by atoms with E-state index in [0.717, 1.165) is 0 Å². The van der Waals surface area contributed by atoms with Gasteiger partial charge in [0.25, 0.3) is 5.91 Å². The van der Waals surface area contributed by atoms with Crippen molar-refractivity contribution in [2.24, 2.45) is 7.05 Å². The number of rotatable bonds is 4. The number of carbonyl (C=O) groups excluding carboxylic acids is 1. The van der Waals surface area contributed by atoms with Crippen LogP contribution in [-0.2, 0) is 17.1 Å². The number of hydrogen-bond donors (Lipinski definition) is 2. The highest BCUT2D eigenvalue weighted by atomic mass is 32.2. The first kappa shape index (κ1) is 14.3. The lowest BCUT2D eigenvalue weighted by atomic mass is 10.3. The zero-order valence-corrected chi connectivity index (χ0v) is 11.9. The molecule has 0 aliphatic rings. The SMILES string of the molecule is CNS(=O)(=O)c1cc(C(=O)Nc2ccccc2)n(C)c1. The van der Waals surface area contributed by atoms with Crippen molar-refractivity contribution in [3.63, 3.8) is 0 Å². The highest BCUT2D eigenvalue weighted by Gasteiger charge is 2.19. The topological polar surface area (TPSA) is 80.2 Å². The molecular formula is C13H15N3O3S. The molecule has 7 heteroatoms. The van der Waals surface area contributed by atoms with Crippen LogP contribution in [-0.4, -0.2) is 25.9 Å². The normalized spacial score (nSPS) is 11.3. The van der Waals surface area contributed by atoms with Crippen LogP contribution in [0.5, 0.6) is 0 Å². The van der Waals surface area contributed by atoms with Crippen LogP contribution < -0.4 is 10.0 Å². The van der Waals surface area contributed by atoms with Crippen molar-refractivity contribution in [2.75, 3.05) is 12.4 Å². The van der Waals surface area contributed by atoms with Crippen molar-refractivity contribution in [1.29, 1.82) is 0 Å². The predicted molar refractivity (Wildman–Crippen MR) is 76.1 cm³/mol. The minimum Gasteiger partial charge on any atom is -0.345 e. The van der Waals surface area contributed by atoms with Crippen molar-refractivity contribution in [3.8, 4) is 0 Å². The van der Waals surface area contributed by atoms with Gasteiger partial charge in [-0.15, -0.1) is 0 Å². The second-order valence-corrected chi connectivity index (χ2v) is 6.09. The third-order valence-electron chi connectivity index (χ3n) is 2.82. The molecule has 0 fully saturated rings. The molecule has 0 saturated carbocycles. The Hall–Kier alpha value is -2.12. The van der Waals surface area contributed by atoms with Crippen LogP contribution in [0.2, 0.25) is 0 Å². The molecule has 106 valence electrons. The number of hydrogen-bond acceptors (Lipinski definition) is 3. The average molecular weight is 293 g/mol. The second-order valence-electron chi connectivity index (χ2n) is 4.20. The van der Waals surface area contributed by atoms with Crippen molar-refractivity contribution in [2.45, 2.75) is 4.90 Å². The number of anilines is 1. The molecule has 1 aromatic carbocycles. The third kappa shape index (κ3) is 2.89. The third-order valence-corrected chi connectivity index (χ3v) is 4.20. The summed E-state index contributed by atoms with van der Waals surface area (Å²) < 4.78 is 27.1. The Labute approximate surface area is 117 Å². The zero-order valence-electron chi connectivity index (χ0n) is 11.1. The van der Waals surface area contributed by atoms with E-state index in [1.54, 1.807) is 31.3 Å². The molecule has 0 bridgehead atoms. The average Bonchev–Trinajstić information content (AvgIpc) is 2.83. The molecule has 20 heavy (non-hydrogen) atoms. The highest BCUT2D eigenvalue weighted by Crippen LogP contribution is 2.15. The van der Waals surface area contributed by atoms with Crippen molar-refractivity contribution in [3.05, 3.63) is 48.3 Å². The largest absolute Gasteiger partial charge is 0.345 e. The van der Waals surface area contributed by atoms with Gasteiger partial charge in [0.1, 0.15) is 10.6 Å². The van der Waals surface area contributed by atoms with Gasteiger partial charge in [-0.05, 0) is 25.2 Å². The summed E-state index contributed by atoms with van der Waals surface area (Å²) in [7, 11) is -0.612. The Morgan fingerprint density at radius 3 is 2.45 bits per heavy atom. The fourth-order valence-electron chi connectivity index (χ4n) is 1.74. The number of benzene rings is 1. The molecule has 0 saturated heterocycles. The quantitative estimate of drug-likeness (QED) is 0.888. The molecular weight excluding hydrogens is 278 g/mol. The molecule has 0 spiro atoms. The number of sulfonamides is 1. The molecule has 0 unspecified atom stereocenters. The molecule has 6 nitrogen and oxygen atoms in total. The summed E-state index contributed by atoms with van der Waals surface area (Å²) in [6.45, 7) is 0. The van der Waals surface area contributed by atoms with E-state index in [-0.39, 0.29) is 16.5 Å². The summed E-state index contributed by atoms with van der Waals surface area (Å²) in [5, 5.41) is 2.71. The Bertz CT molecular complexity index is 721. The van der Waals surface area contributed by atoms with E-state index >= 15 is 0 Å². The smallest absolute Gasteiger partial charge is 0.272 e. The summed E-state index contributed by atoms with van der Waals surface area (Å²) in [4.78, 5) is 12.2. The van der Waals surface area contributed by atoms with Crippen molar-refractivity contribution < 1.29 is 13.2 Å². The van der Waals surface area contributed by atoms with Crippen LogP contribution in [0, 0.1) is 0 Å². The van der Waals surface area contributed by atoms with Gasteiger partial charge in [-0.25, -0.2) is 13.1 Å². The standard InChI is InChI=1S/C13H15N3O3S/c1-14-20(18,19)11-8-12(16(2)9-11)13(17)15-10-6-4-3-5-7-10/h3-9,14H,1-2H3,(H,15,17). The monoisotopic (exact) mass is 293 g/mol. The molecule has 0 aliphatic heterocycles. The Balaban J connectivity index is 2.28. The number of nitrogens with zero attached hydrogens (tertiary/aromatic N) is 1. The molecule has 1 aromatic heterocycles. The van der Waals surface area contributed by atoms with Gasteiger partial charge in [-0.2, -0.15) is 0 Å². The lowest BCUT2D eigenvalue weighted by Crippen LogP contribution is -2.18. The molecule has 0 atom stereocenters. The maximum Gasteiger partial charge on any atom is 0.272 e. The van der Waals surface area contributed by atoms with Crippen LogP contribution in [0.3, 0.4) is 0 Å². The Morgan fingerprint density at radius 1 is 1.20 bits per heavy atom. The molecule has 1 heterocycles. The van der Waals surface area contributed by atoms with Crippen molar-refractivity contribution >= 4 is 21.6 Å². The van der Waals surface area contributed by atoms with Gasteiger partial charge < -0.3 is 9.88 Å². The van der Waals surface area contributed by atoms with E-state index in [4.69, 9.17) is 0 Å². The minimum absolute atomic E-state index is 0.0562. The van der Waals surface area contributed by atoms with E-state index in [0.29, 0.717) is 5.69 Å². The lowest BCUT2D eigenvalue weighted by Gasteiger charge is -2.05. The summed E-state index contributed by atoms with van der Waals surface area (Å²) in [5.74, 6) is -0.365. The first-order valence-electron chi connectivity index (χ1n) is 5.90. The predicted octanol–water partition coefficient (Wildman–Crippen LogP) is 1.19. The van der Waals surface area contributed by atoms with Crippen LogP contribution in [0.1, 0.15) is 10.5 Å². The molecule has 2 aromatic rings. The fourth-order valence-corrected chi connectivity index (χ4v) is 2.54. The van der Waals surface area contributed by atoms with Gasteiger partial charge in [0.05, 0.1) is 0 Å². The minimum atomic E-state index is -3.56. The van der Waals surface area contributed by atoms with Gasteiger partial charge in [0, 0.05) is 18.9 Å². The highest BCUT2D eigenvalue weighted by molar-refractivity contribution is 7.89. The van der Waals surface area contributed by atoms with Crippen LogP contribution in [0.15, 0.2) is 47.5 Å². The zero-order chi connectivity index (χ0) is 14.8. The van der Waals surface area contributed by atoms with Crippen molar-refractivity contribution in [1.82, 2.24) is 9.29 Å². The van der Waals surface area contributed by atoms with E-state index in [1.807, 2.05) is 6.07 Å². The second kappa shape index (κ2) is 5.48. The van der Waals surface area contributed by atoms with E-state index < -0.39 is 10.0 Å². The van der Waals surface area contributed by atoms with Gasteiger partial charge in [-0.1, -0.05) is 18.2 Å². The molecule has 0 radical (unpaired) electrons. The first-order valence-corrected chi connectivity index (χ1v) is 7.38. The number of aryl methyl sites for hydroxylation is 1. The van der Waals surface area contributed by atoms with Crippen LogP contribution in [0.4, 0.5) is 5.69 Å². The fraction of sp³-hybridized carbons (Fsp3) is 0.154. The number of carbonyl (C=O) groups is 1. The van der Waals surface area contributed by atoms with Gasteiger partial charge in [-0.3, -0.25) is 4.79 Å². The Kier molecular flexibility index (Phi) is 3.91. The maximum atomic E-state index is 12.1. The van der Waals surface area contributed by atoms with Gasteiger partial charge >= 0.3 is 0 Å². The van der Waals surface area contributed by atoms with Crippen LogP contribution >= 0.6 is 0 Å². The Morgan fingerprint density at radius 2 is 1.85 bits per heavy atom. The molecule has 2 N–H and O–H groups in total. The lowest BCUT2D eigenvalue weighted by molar-refractivity contribution is 0.101. The molecule has 0 aliphatic carbocycles. The number of amides is 1. The van der Waals surface area contributed by atoms with E-state index in [9.17, 15) is 13.2 Å². The van der Waals surface area contributed by atoms with Crippen LogP contribution in [0.25, 0.3) is 0 Å². The number of nitrogens with one attached hydrogen (secondary N) is 2. The summed E-state index contributed by atoms with van der Waals surface area (Å²) >= 11 is 0. The summed E-state index contributed by atoms with van der Waals surface area (Å²) in [6, 6.07) is 10.3. The van der Waals surface area contributed by atoms with E-state index in [1.165, 1.54) is 23.9 Å². The summed E-state index contributed by atoms with van der Waals surface area (Å²) in [6.07, 6.45) is 1.39. The molecule has 1 amide bonds. The molecule has 2 rings (SSSR count). The number of para-hydroxylation sites is 1. The van der Waals surface area contributed by atoms with E-state index in [2.05, 4.69) is 10.0 Å². The maximum absolute atomic E-state index is 12.1. The first-order chi connectivity index (χ1) is 9.44. The number of aromatic nitrogens is 1.